The van der Waals surface area contributed by atoms with Crippen LogP contribution in [0.15, 0.2) is 54.6 Å². The number of nitrogens with zero attached hydrogens (tertiary/aromatic N) is 1. The molecule has 21 heavy (non-hydrogen) atoms. The zero-order chi connectivity index (χ0) is 14.9. The molecule has 2 rings (SSSR count). The number of hydrogen-bond donors (Lipinski definition) is 2. The van der Waals surface area contributed by atoms with Crippen LogP contribution in [0, 0.1) is 11.3 Å². The van der Waals surface area contributed by atoms with E-state index in [0.717, 1.165) is 6.42 Å². The molecule has 0 aliphatic rings. The third kappa shape index (κ3) is 4.66. The van der Waals surface area contributed by atoms with E-state index in [1.54, 1.807) is 18.2 Å². The van der Waals surface area contributed by atoms with Crippen LogP contribution in [0.1, 0.15) is 11.1 Å². The molecule has 1 amide bonds. The van der Waals surface area contributed by atoms with Crippen LogP contribution in [0.25, 0.3) is 0 Å². The number of para-hydroxylation sites is 1. The second kappa shape index (κ2) is 7.71. The third-order valence-corrected chi connectivity index (χ3v) is 3.07. The molecule has 0 radical (unpaired) electrons. The molecule has 0 unspecified atom stereocenters. The van der Waals surface area contributed by atoms with Crippen molar-refractivity contribution in [2.45, 2.75) is 6.42 Å². The highest BCUT2D eigenvalue weighted by Gasteiger charge is 2.03. The van der Waals surface area contributed by atoms with Crippen molar-refractivity contribution < 1.29 is 4.79 Å². The quantitative estimate of drug-likeness (QED) is 0.853. The number of benzene rings is 2. The monoisotopic (exact) mass is 279 g/mol. The minimum atomic E-state index is -0.0846. The van der Waals surface area contributed by atoms with Crippen molar-refractivity contribution in [2.24, 2.45) is 0 Å². The Balaban J connectivity index is 1.74. The van der Waals surface area contributed by atoms with Crippen LogP contribution >= 0.6 is 0 Å². The van der Waals surface area contributed by atoms with E-state index in [1.165, 1.54) is 5.56 Å². The minimum Gasteiger partial charge on any atom is -0.375 e. The Hall–Kier alpha value is -2.80. The van der Waals surface area contributed by atoms with Crippen LogP contribution in [0.3, 0.4) is 0 Å². The van der Waals surface area contributed by atoms with Gasteiger partial charge in [-0.05, 0) is 24.1 Å². The molecule has 4 nitrogen and oxygen atoms in total. The predicted octanol–water partition coefficient (Wildman–Crippen LogP) is 2.33. The fraction of sp³-hybridized carbons (Fsp3) is 0.176. The van der Waals surface area contributed by atoms with Crippen molar-refractivity contribution >= 4 is 11.6 Å². The summed E-state index contributed by atoms with van der Waals surface area (Å²) in [5.41, 5.74) is 2.41. The summed E-state index contributed by atoms with van der Waals surface area (Å²) in [6, 6.07) is 19.2. The Morgan fingerprint density at radius 1 is 1.05 bits per heavy atom. The molecule has 0 saturated heterocycles. The van der Waals surface area contributed by atoms with Crippen LogP contribution in [0.2, 0.25) is 0 Å². The van der Waals surface area contributed by atoms with E-state index in [1.807, 2.05) is 36.4 Å². The van der Waals surface area contributed by atoms with E-state index in [4.69, 9.17) is 5.26 Å². The second-order valence-corrected chi connectivity index (χ2v) is 4.60. The first-order chi connectivity index (χ1) is 10.3. The summed E-state index contributed by atoms with van der Waals surface area (Å²) in [7, 11) is 0. The molecule has 2 aromatic rings. The Morgan fingerprint density at radius 2 is 1.76 bits per heavy atom. The van der Waals surface area contributed by atoms with Crippen molar-refractivity contribution in [3.05, 3.63) is 65.7 Å². The van der Waals surface area contributed by atoms with Gasteiger partial charge in [0.15, 0.2) is 0 Å². The standard InChI is InChI=1S/C17H17N3O/c18-12-15-8-4-5-9-16(15)20-13-17(21)19-11-10-14-6-2-1-3-7-14/h1-9,20H,10-11,13H2,(H,19,21). The molecule has 106 valence electrons. The molecule has 0 fully saturated rings. The highest BCUT2D eigenvalue weighted by atomic mass is 16.1. The number of carbonyl (C=O) groups is 1. The lowest BCUT2D eigenvalue weighted by Crippen LogP contribution is -2.31. The first kappa shape index (κ1) is 14.6. The van der Waals surface area contributed by atoms with Crippen LogP contribution < -0.4 is 10.6 Å². The van der Waals surface area contributed by atoms with Crippen LogP contribution in [0.5, 0.6) is 0 Å². The van der Waals surface area contributed by atoms with Gasteiger partial charge in [-0.2, -0.15) is 5.26 Å². The highest BCUT2D eigenvalue weighted by Crippen LogP contribution is 2.12. The van der Waals surface area contributed by atoms with Crippen molar-refractivity contribution in [1.29, 1.82) is 5.26 Å². The summed E-state index contributed by atoms with van der Waals surface area (Å²) in [5, 5.41) is 14.8. The average Bonchev–Trinajstić information content (AvgIpc) is 2.54. The smallest absolute Gasteiger partial charge is 0.239 e. The summed E-state index contributed by atoms with van der Waals surface area (Å²) >= 11 is 0. The largest absolute Gasteiger partial charge is 0.375 e. The Morgan fingerprint density at radius 3 is 2.52 bits per heavy atom. The minimum absolute atomic E-state index is 0.0846. The van der Waals surface area contributed by atoms with Crippen LogP contribution in [0.4, 0.5) is 5.69 Å². The van der Waals surface area contributed by atoms with E-state index in [2.05, 4.69) is 16.7 Å². The Labute approximate surface area is 124 Å². The molecule has 4 heteroatoms. The second-order valence-electron chi connectivity index (χ2n) is 4.60. The van der Waals surface area contributed by atoms with Gasteiger partial charge in [0.25, 0.3) is 0 Å². The van der Waals surface area contributed by atoms with E-state index in [0.29, 0.717) is 17.8 Å². The van der Waals surface area contributed by atoms with Crippen molar-refractivity contribution in [1.82, 2.24) is 5.32 Å². The molecule has 0 saturated carbocycles. The van der Waals surface area contributed by atoms with Gasteiger partial charge in [0.2, 0.25) is 5.91 Å². The predicted molar refractivity (Wildman–Crippen MR) is 82.8 cm³/mol. The van der Waals surface area contributed by atoms with E-state index in [-0.39, 0.29) is 12.5 Å². The molecule has 0 heterocycles. The lowest BCUT2D eigenvalue weighted by Gasteiger charge is -2.09. The number of amides is 1. The normalized spacial score (nSPS) is 9.67. The number of nitriles is 1. The molecule has 0 aromatic heterocycles. The van der Waals surface area contributed by atoms with Crippen molar-refractivity contribution in [3.63, 3.8) is 0 Å². The van der Waals surface area contributed by atoms with Crippen LogP contribution in [-0.4, -0.2) is 19.0 Å². The van der Waals surface area contributed by atoms with Crippen molar-refractivity contribution in [3.8, 4) is 6.07 Å². The first-order valence-electron chi connectivity index (χ1n) is 6.83. The number of carbonyl (C=O) groups excluding carboxylic acids is 1. The SMILES string of the molecule is N#Cc1ccccc1NCC(=O)NCCc1ccccc1. The molecule has 2 N–H and O–H groups in total. The Kier molecular flexibility index (Phi) is 5.36. The van der Waals surface area contributed by atoms with E-state index in [9.17, 15) is 4.79 Å². The van der Waals surface area contributed by atoms with E-state index >= 15 is 0 Å². The lowest BCUT2D eigenvalue weighted by molar-refractivity contribution is -0.119. The van der Waals surface area contributed by atoms with Gasteiger partial charge in [-0.1, -0.05) is 42.5 Å². The lowest BCUT2D eigenvalue weighted by atomic mass is 10.1. The molecule has 0 atom stereocenters. The summed E-state index contributed by atoms with van der Waals surface area (Å²) in [4.78, 5) is 11.7. The molecular formula is C17H17N3O. The topological polar surface area (TPSA) is 64.9 Å². The zero-order valence-electron chi connectivity index (χ0n) is 11.7. The van der Waals surface area contributed by atoms with Gasteiger partial charge in [-0.15, -0.1) is 0 Å². The number of anilines is 1. The maximum Gasteiger partial charge on any atom is 0.239 e. The zero-order valence-corrected chi connectivity index (χ0v) is 11.7. The molecule has 2 aromatic carbocycles. The molecular weight excluding hydrogens is 262 g/mol. The highest BCUT2D eigenvalue weighted by molar-refractivity contribution is 5.81. The van der Waals surface area contributed by atoms with Gasteiger partial charge in [-0.25, -0.2) is 0 Å². The Bertz CT molecular complexity index is 632. The molecule has 0 spiro atoms. The summed E-state index contributed by atoms with van der Waals surface area (Å²) in [5.74, 6) is -0.0846. The maximum atomic E-state index is 11.7. The van der Waals surface area contributed by atoms with Gasteiger partial charge in [0.1, 0.15) is 6.07 Å². The first-order valence-corrected chi connectivity index (χ1v) is 6.83. The molecule has 0 aliphatic heterocycles. The van der Waals surface area contributed by atoms with Gasteiger partial charge in [0.05, 0.1) is 17.8 Å². The van der Waals surface area contributed by atoms with Gasteiger partial charge in [-0.3, -0.25) is 4.79 Å². The summed E-state index contributed by atoms with van der Waals surface area (Å²) in [6.07, 6.45) is 0.807. The molecule has 0 aliphatic carbocycles. The third-order valence-electron chi connectivity index (χ3n) is 3.07. The number of hydrogen-bond acceptors (Lipinski definition) is 3. The molecule has 0 bridgehead atoms. The average molecular weight is 279 g/mol. The van der Waals surface area contributed by atoms with E-state index < -0.39 is 0 Å². The summed E-state index contributed by atoms with van der Waals surface area (Å²) < 4.78 is 0. The summed E-state index contributed by atoms with van der Waals surface area (Å²) in [6.45, 7) is 0.762. The fourth-order valence-corrected chi connectivity index (χ4v) is 1.96. The van der Waals surface area contributed by atoms with Crippen LogP contribution in [-0.2, 0) is 11.2 Å². The number of nitrogens with one attached hydrogen (secondary N) is 2. The fourth-order valence-electron chi connectivity index (χ4n) is 1.96. The van der Waals surface area contributed by atoms with Gasteiger partial charge >= 0.3 is 0 Å². The van der Waals surface area contributed by atoms with Gasteiger partial charge in [0, 0.05) is 6.54 Å². The maximum absolute atomic E-state index is 11.7. The number of rotatable bonds is 6. The van der Waals surface area contributed by atoms with Crippen molar-refractivity contribution in [2.75, 3.05) is 18.4 Å². The van der Waals surface area contributed by atoms with Gasteiger partial charge < -0.3 is 10.6 Å².